The van der Waals surface area contributed by atoms with E-state index in [1.165, 1.54) is 29.0 Å². The number of benzene rings is 2. The van der Waals surface area contributed by atoms with Crippen LogP contribution in [0.2, 0.25) is 10.0 Å². The molecule has 4 aromatic rings. The number of halogens is 2. The van der Waals surface area contributed by atoms with Gasteiger partial charge >= 0.3 is 0 Å². The Hall–Kier alpha value is -2.61. The summed E-state index contributed by atoms with van der Waals surface area (Å²) in [5.41, 5.74) is 4.94. The highest BCUT2D eigenvalue weighted by Gasteiger charge is 2.17. The van der Waals surface area contributed by atoms with Gasteiger partial charge in [-0.1, -0.05) is 46.7 Å². The van der Waals surface area contributed by atoms with Crippen molar-refractivity contribution < 1.29 is 0 Å². The molecule has 0 atom stereocenters. The van der Waals surface area contributed by atoms with Crippen LogP contribution >= 0.6 is 34.5 Å². The third-order valence-corrected chi connectivity index (χ3v) is 6.76. The molecule has 0 saturated carbocycles. The smallest absolute Gasteiger partial charge is 0.190 e. The van der Waals surface area contributed by atoms with E-state index in [9.17, 15) is 0 Å². The van der Waals surface area contributed by atoms with Crippen LogP contribution in [0.1, 0.15) is 17.8 Å². The largest absolute Gasteiger partial charge is 0.374 e. The Morgan fingerprint density at radius 2 is 1.84 bits per heavy atom. The Morgan fingerprint density at radius 1 is 1.03 bits per heavy atom. The van der Waals surface area contributed by atoms with Gasteiger partial charge in [-0.25, -0.2) is 15.0 Å². The number of thiazole rings is 1. The van der Waals surface area contributed by atoms with Crippen LogP contribution in [0.5, 0.6) is 0 Å². The van der Waals surface area contributed by atoms with Crippen LogP contribution in [0.4, 0.5) is 28.0 Å². The zero-order chi connectivity index (χ0) is 21.5. The summed E-state index contributed by atoms with van der Waals surface area (Å²) in [4.78, 5) is 17.0. The lowest BCUT2D eigenvalue weighted by Crippen LogP contribution is -2.24. The lowest BCUT2D eigenvalue weighted by atomic mass is 10.0. The minimum Gasteiger partial charge on any atom is -0.374 e. The fraction of sp³-hybridized carbons (Fsp3) is 0.227. The minimum absolute atomic E-state index is 0.533. The molecule has 2 N–H and O–H groups in total. The molecule has 0 bridgehead atoms. The maximum absolute atomic E-state index is 6.30. The summed E-state index contributed by atoms with van der Waals surface area (Å²) in [5.74, 6) is 1.35. The molecular formula is C22H20Cl2N6S. The zero-order valence-corrected chi connectivity index (χ0v) is 19.4. The summed E-state index contributed by atoms with van der Waals surface area (Å²) >= 11 is 14.0. The molecule has 9 heteroatoms. The monoisotopic (exact) mass is 470 g/mol. The lowest BCUT2D eigenvalue weighted by Gasteiger charge is -2.28. The highest BCUT2D eigenvalue weighted by Crippen LogP contribution is 2.37. The molecule has 0 spiro atoms. The first-order valence-electron chi connectivity index (χ1n) is 9.95. The van der Waals surface area contributed by atoms with Gasteiger partial charge in [-0.3, -0.25) is 0 Å². The van der Waals surface area contributed by atoms with E-state index in [1.807, 2.05) is 6.92 Å². The Balaban J connectivity index is 1.50. The molecule has 0 saturated heterocycles. The maximum atomic E-state index is 6.30. The predicted octanol–water partition coefficient (Wildman–Crippen LogP) is 6.57. The number of anilines is 5. The van der Waals surface area contributed by atoms with Crippen LogP contribution in [-0.4, -0.2) is 28.5 Å². The second-order valence-electron chi connectivity index (χ2n) is 7.51. The number of rotatable bonds is 4. The quantitative estimate of drug-likeness (QED) is 0.351. The normalized spacial score (nSPS) is 13.4. The molecule has 0 aliphatic carbocycles. The second-order valence-corrected chi connectivity index (χ2v) is 9.30. The van der Waals surface area contributed by atoms with Crippen molar-refractivity contribution in [2.75, 3.05) is 29.1 Å². The number of nitrogens with zero attached hydrogens (tertiary/aromatic N) is 4. The van der Waals surface area contributed by atoms with E-state index in [0.717, 1.165) is 23.5 Å². The van der Waals surface area contributed by atoms with E-state index < -0.39 is 0 Å². The molecule has 3 heterocycles. The first-order valence-corrected chi connectivity index (χ1v) is 11.5. The third kappa shape index (κ3) is 4.01. The molecule has 31 heavy (non-hydrogen) atoms. The van der Waals surface area contributed by atoms with E-state index >= 15 is 0 Å². The van der Waals surface area contributed by atoms with Crippen molar-refractivity contribution in [3.63, 3.8) is 0 Å². The predicted molar refractivity (Wildman–Crippen MR) is 131 cm³/mol. The van der Waals surface area contributed by atoms with Crippen molar-refractivity contribution >= 4 is 72.9 Å². The zero-order valence-electron chi connectivity index (χ0n) is 17.0. The first-order chi connectivity index (χ1) is 15.0. The van der Waals surface area contributed by atoms with E-state index in [1.54, 1.807) is 18.2 Å². The third-order valence-electron chi connectivity index (χ3n) is 5.26. The van der Waals surface area contributed by atoms with Crippen molar-refractivity contribution in [3.8, 4) is 0 Å². The Kier molecular flexibility index (Phi) is 5.33. The summed E-state index contributed by atoms with van der Waals surface area (Å²) in [7, 11) is 2.13. The summed E-state index contributed by atoms with van der Waals surface area (Å²) in [5, 5.41) is 8.39. The Morgan fingerprint density at radius 3 is 2.65 bits per heavy atom. The van der Waals surface area contributed by atoms with Crippen molar-refractivity contribution in [1.82, 2.24) is 15.0 Å². The van der Waals surface area contributed by atoms with Gasteiger partial charge in [0.05, 0.1) is 15.7 Å². The number of fused-ring (bicyclic) bond motifs is 2. The second kappa shape index (κ2) is 8.15. The summed E-state index contributed by atoms with van der Waals surface area (Å²) < 4.78 is 0. The summed E-state index contributed by atoms with van der Waals surface area (Å²) in [6.07, 6.45) is 2.30. The van der Waals surface area contributed by atoms with Gasteiger partial charge in [0.2, 0.25) is 0 Å². The van der Waals surface area contributed by atoms with Gasteiger partial charge in [-0.2, -0.15) is 0 Å². The Bertz CT molecular complexity index is 1270. The van der Waals surface area contributed by atoms with Gasteiger partial charge < -0.3 is 15.5 Å². The van der Waals surface area contributed by atoms with Gasteiger partial charge in [0.1, 0.15) is 11.3 Å². The molecule has 0 amide bonds. The van der Waals surface area contributed by atoms with Crippen LogP contribution in [0.15, 0.2) is 36.4 Å². The molecule has 6 nitrogen and oxygen atoms in total. The standard InChI is InChI=1S/C22H20Cl2N6S/c1-12-25-20(27-14-9-8-13-5-4-10-30(2)17(13)11-14)19-21(26-12)31-22(29-19)28-18-15(23)6-3-7-16(18)24/h3,6-9,11H,4-5,10H2,1-2H3,(H,28,29)(H,25,26,27). The average Bonchev–Trinajstić information content (AvgIpc) is 3.14. The van der Waals surface area contributed by atoms with E-state index in [0.29, 0.717) is 38.0 Å². The molecule has 2 aromatic carbocycles. The van der Waals surface area contributed by atoms with Gasteiger partial charge in [0, 0.05) is 25.0 Å². The van der Waals surface area contributed by atoms with Crippen LogP contribution in [-0.2, 0) is 6.42 Å². The topological polar surface area (TPSA) is 66.0 Å². The molecule has 0 fully saturated rings. The molecule has 5 rings (SSSR count). The van der Waals surface area contributed by atoms with Crippen LogP contribution < -0.4 is 15.5 Å². The van der Waals surface area contributed by atoms with Crippen molar-refractivity contribution in [1.29, 1.82) is 0 Å². The summed E-state index contributed by atoms with van der Waals surface area (Å²) in [6.45, 7) is 2.95. The van der Waals surface area contributed by atoms with Gasteiger partial charge in [-0.15, -0.1) is 0 Å². The fourth-order valence-corrected chi connectivity index (χ4v) is 5.15. The van der Waals surface area contributed by atoms with Crippen LogP contribution in [0.25, 0.3) is 10.3 Å². The SMILES string of the molecule is Cc1nc(Nc2ccc3c(c2)N(C)CCC3)c2nc(Nc3c(Cl)cccc3Cl)sc2n1. The van der Waals surface area contributed by atoms with E-state index in [2.05, 4.69) is 50.7 Å². The Labute approximate surface area is 194 Å². The van der Waals surface area contributed by atoms with E-state index in [4.69, 9.17) is 28.2 Å². The highest BCUT2D eigenvalue weighted by molar-refractivity contribution is 7.21. The molecule has 1 aliphatic rings. The van der Waals surface area contributed by atoms with Crippen molar-refractivity contribution in [2.45, 2.75) is 19.8 Å². The molecule has 1 aliphatic heterocycles. The molecular weight excluding hydrogens is 451 g/mol. The van der Waals surface area contributed by atoms with Crippen LogP contribution in [0, 0.1) is 6.92 Å². The first kappa shape index (κ1) is 20.3. The molecule has 2 aromatic heterocycles. The lowest BCUT2D eigenvalue weighted by molar-refractivity contribution is 0.745. The van der Waals surface area contributed by atoms with Gasteiger partial charge in [-0.05, 0) is 49.6 Å². The van der Waals surface area contributed by atoms with Crippen molar-refractivity contribution in [2.24, 2.45) is 0 Å². The fourth-order valence-electron chi connectivity index (χ4n) is 3.77. The number of aromatic nitrogens is 3. The number of nitrogens with one attached hydrogen (secondary N) is 2. The molecule has 0 radical (unpaired) electrons. The van der Waals surface area contributed by atoms with Crippen LogP contribution in [0.3, 0.4) is 0 Å². The average molecular weight is 471 g/mol. The minimum atomic E-state index is 0.533. The van der Waals surface area contributed by atoms with Gasteiger partial charge in [0.15, 0.2) is 15.8 Å². The molecule has 158 valence electrons. The molecule has 0 unspecified atom stereocenters. The number of aryl methyl sites for hydroxylation is 2. The van der Waals surface area contributed by atoms with Gasteiger partial charge in [0.25, 0.3) is 0 Å². The van der Waals surface area contributed by atoms with E-state index in [-0.39, 0.29) is 0 Å². The number of hydrogen-bond acceptors (Lipinski definition) is 7. The number of para-hydroxylation sites is 1. The number of hydrogen-bond donors (Lipinski definition) is 2. The maximum Gasteiger partial charge on any atom is 0.190 e. The van der Waals surface area contributed by atoms with Crippen molar-refractivity contribution in [3.05, 3.63) is 57.8 Å². The highest BCUT2D eigenvalue weighted by atomic mass is 35.5. The summed E-state index contributed by atoms with van der Waals surface area (Å²) in [6, 6.07) is 11.8.